The number of anilines is 1. The Hall–Kier alpha value is -2.43. The highest BCUT2D eigenvalue weighted by molar-refractivity contribution is 5.67. The zero-order valence-electron chi connectivity index (χ0n) is 11.2. The molecule has 0 amide bonds. The summed E-state index contributed by atoms with van der Waals surface area (Å²) in [5.41, 5.74) is 9.82. The molecule has 0 aromatic carbocycles. The fourth-order valence-corrected chi connectivity index (χ4v) is 2.47. The van der Waals surface area contributed by atoms with Crippen LogP contribution in [0.1, 0.15) is 30.1 Å². The van der Waals surface area contributed by atoms with Gasteiger partial charge in [0.15, 0.2) is 0 Å². The summed E-state index contributed by atoms with van der Waals surface area (Å²) in [6.07, 6.45) is 6.06. The third-order valence-corrected chi connectivity index (χ3v) is 3.81. The first-order chi connectivity index (χ1) is 9.74. The fraction of sp³-hybridized carbons (Fsp3) is 0.267. The number of rotatable bonds is 2. The van der Waals surface area contributed by atoms with Gasteiger partial charge in [-0.05, 0) is 31.9 Å². The first-order valence-electron chi connectivity index (χ1n) is 6.80. The average Bonchev–Trinajstić information content (AvgIpc) is 3.19. The van der Waals surface area contributed by atoms with E-state index >= 15 is 0 Å². The van der Waals surface area contributed by atoms with Crippen molar-refractivity contribution in [2.75, 3.05) is 5.73 Å². The highest BCUT2D eigenvalue weighted by atomic mass is 15.0. The lowest BCUT2D eigenvalue weighted by molar-refractivity contribution is 0.923. The minimum Gasteiger partial charge on any atom is -0.383 e. The Balaban J connectivity index is 1.99. The van der Waals surface area contributed by atoms with Crippen LogP contribution < -0.4 is 5.73 Å². The Kier molecular flexibility index (Phi) is 2.30. The van der Waals surface area contributed by atoms with E-state index in [-0.39, 0.29) is 0 Å². The normalized spacial score (nSPS) is 14.8. The van der Waals surface area contributed by atoms with Crippen molar-refractivity contribution >= 4 is 11.5 Å². The Labute approximate surface area is 116 Å². The summed E-state index contributed by atoms with van der Waals surface area (Å²) in [6.45, 7) is 1.97. The van der Waals surface area contributed by atoms with Crippen molar-refractivity contribution in [3.8, 4) is 11.4 Å². The van der Waals surface area contributed by atoms with Crippen LogP contribution in [0.5, 0.6) is 0 Å². The van der Waals surface area contributed by atoms with E-state index in [0.717, 1.165) is 41.3 Å². The van der Waals surface area contributed by atoms with Gasteiger partial charge in [0.05, 0.1) is 11.4 Å². The molecule has 1 aliphatic carbocycles. The van der Waals surface area contributed by atoms with Gasteiger partial charge >= 0.3 is 0 Å². The van der Waals surface area contributed by atoms with E-state index in [1.54, 1.807) is 6.20 Å². The van der Waals surface area contributed by atoms with Gasteiger partial charge in [-0.2, -0.15) is 0 Å². The predicted octanol–water partition coefficient (Wildman–Crippen LogP) is 2.56. The number of pyridine rings is 1. The zero-order valence-corrected chi connectivity index (χ0v) is 11.2. The summed E-state index contributed by atoms with van der Waals surface area (Å²) in [7, 11) is 0. The van der Waals surface area contributed by atoms with Crippen molar-refractivity contribution in [3.05, 3.63) is 42.0 Å². The maximum absolute atomic E-state index is 6.07. The number of aromatic nitrogens is 4. The summed E-state index contributed by atoms with van der Waals surface area (Å²) in [5.74, 6) is 1.94. The molecule has 1 aliphatic rings. The number of hydrogen-bond acceptors (Lipinski definition) is 4. The van der Waals surface area contributed by atoms with Gasteiger partial charge in [-0.1, -0.05) is 6.07 Å². The summed E-state index contributed by atoms with van der Waals surface area (Å²) >= 11 is 0. The summed E-state index contributed by atoms with van der Waals surface area (Å²) in [6, 6.07) is 6.01. The van der Waals surface area contributed by atoms with Crippen LogP contribution in [0.25, 0.3) is 17.0 Å². The molecule has 100 valence electrons. The van der Waals surface area contributed by atoms with Gasteiger partial charge in [0.2, 0.25) is 0 Å². The van der Waals surface area contributed by atoms with Crippen molar-refractivity contribution in [1.29, 1.82) is 0 Å². The molecule has 0 atom stereocenters. The van der Waals surface area contributed by atoms with Gasteiger partial charge in [-0.25, -0.2) is 15.0 Å². The van der Waals surface area contributed by atoms with Gasteiger partial charge in [0, 0.05) is 23.9 Å². The third kappa shape index (κ3) is 1.66. The van der Waals surface area contributed by atoms with Crippen LogP contribution in [0, 0.1) is 6.92 Å². The molecule has 5 heteroatoms. The van der Waals surface area contributed by atoms with E-state index in [4.69, 9.17) is 10.7 Å². The molecule has 1 fully saturated rings. The highest BCUT2D eigenvalue weighted by Crippen LogP contribution is 2.39. The predicted molar refractivity (Wildman–Crippen MR) is 77.3 cm³/mol. The van der Waals surface area contributed by atoms with Gasteiger partial charge < -0.3 is 5.73 Å². The standard InChI is InChI=1S/C15H15N5/c1-9-13(18-15(10-5-6-10)19-14(9)16)11-3-2-4-12-17-7-8-20(11)12/h2-4,7-8,10H,5-6H2,1H3,(H2,16,18,19). The maximum atomic E-state index is 6.07. The van der Waals surface area contributed by atoms with Crippen LogP contribution in [0.15, 0.2) is 30.6 Å². The van der Waals surface area contributed by atoms with Gasteiger partial charge in [-0.15, -0.1) is 0 Å². The minimum atomic E-state index is 0.485. The molecule has 0 spiro atoms. The molecule has 3 aromatic rings. The summed E-state index contributed by atoms with van der Waals surface area (Å²) in [5, 5.41) is 0. The number of hydrogen-bond donors (Lipinski definition) is 1. The lowest BCUT2D eigenvalue weighted by Gasteiger charge is -2.11. The van der Waals surface area contributed by atoms with Gasteiger partial charge in [0.25, 0.3) is 0 Å². The molecule has 0 aliphatic heterocycles. The van der Waals surface area contributed by atoms with Crippen molar-refractivity contribution in [2.45, 2.75) is 25.7 Å². The summed E-state index contributed by atoms with van der Waals surface area (Å²) < 4.78 is 2.03. The zero-order chi connectivity index (χ0) is 13.7. The molecule has 4 rings (SSSR count). The van der Waals surface area contributed by atoms with E-state index in [9.17, 15) is 0 Å². The van der Waals surface area contributed by atoms with Crippen molar-refractivity contribution < 1.29 is 0 Å². The number of fused-ring (bicyclic) bond motifs is 1. The van der Waals surface area contributed by atoms with Crippen LogP contribution in [-0.4, -0.2) is 19.4 Å². The average molecular weight is 265 g/mol. The Morgan fingerprint density at radius 2 is 2.10 bits per heavy atom. The third-order valence-electron chi connectivity index (χ3n) is 3.81. The Morgan fingerprint density at radius 3 is 2.90 bits per heavy atom. The Morgan fingerprint density at radius 1 is 1.25 bits per heavy atom. The molecule has 5 nitrogen and oxygen atoms in total. The SMILES string of the molecule is Cc1c(N)nc(C2CC2)nc1-c1cccc2nccn12. The number of nitrogens with zero attached hydrogens (tertiary/aromatic N) is 4. The molecule has 1 saturated carbocycles. The molecular weight excluding hydrogens is 250 g/mol. The number of nitrogen functional groups attached to an aromatic ring is 1. The molecule has 0 bridgehead atoms. The van der Waals surface area contributed by atoms with Crippen molar-refractivity contribution in [2.24, 2.45) is 0 Å². The lowest BCUT2D eigenvalue weighted by Crippen LogP contribution is -2.05. The quantitative estimate of drug-likeness (QED) is 0.773. The summed E-state index contributed by atoms with van der Waals surface area (Å²) in [4.78, 5) is 13.5. The van der Waals surface area contributed by atoms with Crippen molar-refractivity contribution in [3.63, 3.8) is 0 Å². The first kappa shape index (κ1) is 11.4. The first-order valence-corrected chi connectivity index (χ1v) is 6.80. The van der Waals surface area contributed by atoms with E-state index in [1.165, 1.54) is 0 Å². The molecule has 0 unspecified atom stereocenters. The highest BCUT2D eigenvalue weighted by Gasteiger charge is 2.28. The van der Waals surface area contributed by atoms with E-state index < -0.39 is 0 Å². The van der Waals surface area contributed by atoms with Crippen LogP contribution in [0.3, 0.4) is 0 Å². The second-order valence-electron chi connectivity index (χ2n) is 5.28. The smallest absolute Gasteiger partial charge is 0.137 e. The molecule has 3 aromatic heterocycles. The Bertz CT molecular complexity index is 801. The van der Waals surface area contributed by atoms with Gasteiger partial charge in [-0.3, -0.25) is 4.40 Å². The second kappa shape index (κ2) is 4.03. The molecule has 2 N–H and O–H groups in total. The molecular formula is C15H15N5. The maximum Gasteiger partial charge on any atom is 0.137 e. The molecule has 20 heavy (non-hydrogen) atoms. The second-order valence-corrected chi connectivity index (χ2v) is 5.28. The fourth-order valence-electron chi connectivity index (χ4n) is 2.47. The molecule has 0 radical (unpaired) electrons. The van der Waals surface area contributed by atoms with Gasteiger partial charge in [0.1, 0.15) is 17.3 Å². The largest absolute Gasteiger partial charge is 0.383 e. The monoisotopic (exact) mass is 265 g/mol. The van der Waals surface area contributed by atoms with E-state index in [2.05, 4.69) is 9.97 Å². The number of nitrogens with two attached hydrogens (primary N) is 1. The minimum absolute atomic E-state index is 0.485. The van der Waals surface area contributed by atoms with E-state index in [0.29, 0.717) is 11.7 Å². The van der Waals surface area contributed by atoms with Crippen LogP contribution in [0.2, 0.25) is 0 Å². The van der Waals surface area contributed by atoms with Crippen molar-refractivity contribution in [1.82, 2.24) is 19.4 Å². The molecule has 0 saturated heterocycles. The lowest BCUT2D eigenvalue weighted by atomic mass is 10.1. The van der Waals surface area contributed by atoms with Crippen LogP contribution >= 0.6 is 0 Å². The van der Waals surface area contributed by atoms with Crippen LogP contribution in [-0.2, 0) is 0 Å². The van der Waals surface area contributed by atoms with E-state index in [1.807, 2.05) is 35.7 Å². The van der Waals surface area contributed by atoms with Crippen LogP contribution in [0.4, 0.5) is 5.82 Å². The molecule has 3 heterocycles. The number of imidazole rings is 1. The topological polar surface area (TPSA) is 69.1 Å².